The van der Waals surface area contributed by atoms with E-state index in [4.69, 9.17) is 15.2 Å². The summed E-state index contributed by atoms with van der Waals surface area (Å²) >= 11 is 1.61. The summed E-state index contributed by atoms with van der Waals surface area (Å²) in [4.78, 5) is 12.0. The number of hydrogen-bond acceptors (Lipinski definition) is 4. The molecule has 0 saturated carbocycles. The lowest BCUT2D eigenvalue weighted by molar-refractivity contribution is -0.120. The van der Waals surface area contributed by atoms with Crippen LogP contribution in [0, 0.1) is 5.92 Å². The molecule has 0 aliphatic carbocycles. The Morgan fingerprint density at radius 2 is 1.83 bits per heavy atom. The number of amides is 1. The van der Waals surface area contributed by atoms with Crippen LogP contribution in [0.25, 0.3) is 0 Å². The molecule has 0 heterocycles. The van der Waals surface area contributed by atoms with E-state index in [0.717, 1.165) is 10.5 Å². The molecule has 0 radical (unpaired) electrons. The summed E-state index contributed by atoms with van der Waals surface area (Å²) in [5.74, 6) is 0.297. The van der Waals surface area contributed by atoms with Gasteiger partial charge in [-0.25, -0.2) is 0 Å². The lowest BCUT2D eigenvalue weighted by Gasteiger charge is -2.14. The van der Waals surface area contributed by atoms with Gasteiger partial charge in [-0.15, -0.1) is 11.8 Å². The van der Waals surface area contributed by atoms with Crippen molar-refractivity contribution in [1.29, 1.82) is 0 Å². The summed E-state index contributed by atoms with van der Waals surface area (Å²) in [6, 6.07) is 7.88. The minimum absolute atomic E-state index is 0.125. The van der Waals surface area contributed by atoms with Gasteiger partial charge in [0.05, 0.1) is 0 Å². The number of hydrogen-bond donors (Lipinski definition) is 1. The van der Waals surface area contributed by atoms with Gasteiger partial charge in [0, 0.05) is 36.3 Å². The molecule has 0 aromatic heterocycles. The van der Waals surface area contributed by atoms with Crippen LogP contribution in [0.2, 0.25) is 0 Å². The minimum atomic E-state index is -0.339. The highest BCUT2D eigenvalue weighted by Crippen LogP contribution is 2.24. The Labute approximate surface area is 112 Å². The predicted octanol–water partition coefficient (Wildman–Crippen LogP) is 2.19. The SMILES string of the molecule is COC(OC)c1ccc(SCC(C)C(N)=O)cc1. The molecule has 4 nitrogen and oxygen atoms in total. The Hall–Kier alpha value is -1.04. The normalized spacial score (nSPS) is 12.7. The van der Waals surface area contributed by atoms with Crippen molar-refractivity contribution < 1.29 is 14.3 Å². The number of ether oxygens (including phenoxy) is 2. The van der Waals surface area contributed by atoms with Gasteiger partial charge >= 0.3 is 0 Å². The zero-order valence-corrected chi connectivity index (χ0v) is 11.7. The van der Waals surface area contributed by atoms with Crippen molar-refractivity contribution in [3.05, 3.63) is 29.8 Å². The lowest BCUT2D eigenvalue weighted by atomic mass is 10.2. The van der Waals surface area contributed by atoms with E-state index in [1.165, 1.54) is 0 Å². The van der Waals surface area contributed by atoms with Crippen LogP contribution in [-0.2, 0) is 14.3 Å². The van der Waals surface area contributed by atoms with Crippen LogP contribution in [0.15, 0.2) is 29.2 Å². The van der Waals surface area contributed by atoms with Gasteiger partial charge in [-0.2, -0.15) is 0 Å². The first-order valence-corrected chi connectivity index (χ1v) is 6.64. The van der Waals surface area contributed by atoms with Gasteiger partial charge in [0.15, 0.2) is 6.29 Å². The molecule has 0 spiro atoms. The predicted molar refractivity (Wildman–Crippen MR) is 72.3 cm³/mol. The standard InChI is InChI=1S/C13H19NO3S/c1-9(12(14)15)8-18-11-6-4-10(5-7-11)13(16-2)17-3/h4-7,9,13H,8H2,1-3H3,(H2,14,15). The molecule has 0 aliphatic heterocycles. The molecule has 1 amide bonds. The van der Waals surface area contributed by atoms with Crippen LogP contribution in [0.1, 0.15) is 18.8 Å². The largest absolute Gasteiger partial charge is 0.369 e. The molecule has 0 fully saturated rings. The van der Waals surface area contributed by atoms with Crippen molar-refractivity contribution in [2.75, 3.05) is 20.0 Å². The average Bonchev–Trinajstić information content (AvgIpc) is 2.38. The highest BCUT2D eigenvalue weighted by atomic mass is 32.2. The van der Waals surface area contributed by atoms with E-state index in [1.807, 2.05) is 31.2 Å². The van der Waals surface area contributed by atoms with Gasteiger partial charge in [-0.05, 0) is 12.1 Å². The molecule has 1 atom stereocenters. The van der Waals surface area contributed by atoms with Gasteiger partial charge in [-0.3, -0.25) is 4.79 Å². The lowest BCUT2D eigenvalue weighted by Crippen LogP contribution is -2.22. The van der Waals surface area contributed by atoms with E-state index in [2.05, 4.69) is 0 Å². The zero-order chi connectivity index (χ0) is 13.5. The van der Waals surface area contributed by atoms with Crippen molar-refractivity contribution in [2.45, 2.75) is 18.1 Å². The Morgan fingerprint density at radius 1 is 1.28 bits per heavy atom. The quantitative estimate of drug-likeness (QED) is 0.609. The van der Waals surface area contributed by atoms with Gasteiger partial charge in [0.1, 0.15) is 0 Å². The maximum absolute atomic E-state index is 10.9. The third-order valence-electron chi connectivity index (χ3n) is 2.57. The van der Waals surface area contributed by atoms with Gasteiger partial charge in [0.25, 0.3) is 0 Å². The second-order valence-electron chi connectivity index (χ2n) is 3.99. The minimum Gasteiger partial charge on any atom is -0.369 e. The second-order valence-corrected chi connectivity index (χ2v) is 5.08. The number of nitrogens with two attached hydrogens (primary N) is 1. The summed E-state index contributed by atoms with van der Waals surface area (Å²) in [5, 5.41) is 0. The maximum atomic E-state index is 10.9. The summed E-state index contributed by atoms with van der Waals surface area (Å²) in [7, 11) is 3.21. The number of rotatable bonds is 7. The first-order valence-electron chi connectivity index (χ1n) is 5.66. The molecule has 1 rings (SSSR count). The van der Waals surface area contributed by atoms with E-state index in [9.17, 15) is 4.79 Å². The fourth-order valence-corrected chi connectivity index (χ4v) is 2.33. The van der Waals surface area contributed by atoms with Crippen LogP contribution in [0.5, 0.6) is 0 Å². The van der Waals surface area contributed by atoms with Crippen LogP contribution in [0.4, 0.5) is 0 Å². The zero-order valence-electron chi connectivity index (χ0n) is 10.9. The van der Waals surface area contributed by atoms with Crippen LogP contribution >= 0.6 is 11.8 Å². The Balaban J connectivity index is 2.57. The highest BCUT2D eigenvalue weighted by molar-refractivity contribution is 7.99. The van der Waals surface area contributed by atoms with E-state index < -0.39 is 0 Å². The van der Waals surface area contributed by atoms with E-state index in [-0.39, 0.29) is 18.1 Å². The molecule has 0 saturated heterocycles. The average molecular weight is 269 g/mol. The summed E-state index contributed by atoms with van der Waals surface area (Å²) in [5.41, 5.74) is 6.18. The summed E-state index contributed by atoms with van der Waals surface area (Å²) in [6.07, 6.45) is -0.339. The van der Waals surface area contributed by atoms with Gasteiger partial charge < -0.3 is 15.2 Å². The monoisotopic (exact) mass is 269 g/mol. The van der Waals surface area contributed by atoms with Gasteiger partial charge in [-0.1, -0.05) is 19.1 Å². The van der Waals surface area contributed by atoms with E-state index >= 15 is 0 Å². The topological polar surface area (TPSA) is 61.6 Å². The second kappa shape index (κ2) is 7.41. The molecule has 0 bridgehead atoms. The maximum Gasteiger partial charge on any atom is 0.221 e. The smallest absolute Gasteiger partial charge is 0.221 e. The number of thioether (sulfide) groups is 1. The van der Waals surface area contributed by atoms with Crippen molar-refractivity contribution in [3.8, 4) is 0 Å². The molecule has 1 aromatic rings. The van der Waals surface area contributed by atoms with Crippen molar-refractivity contribution >= 4 is 17.7 Å². The third-order valence-corrected chi connectivity index (χ3v) is 3.84. The van der Waals surface area contributed by atoms with Crippen LogP contribution < -0.4 is 5.73 Å². The van der Waals surface area contributed by atoms with Crippen LogP contribution in [0.3, 0.4) is 0 Å². The van der Waals surface area contributed by atoms with E-state index in [0.29, 0.717) is 5.75 Å². The molecule has 0 aliphatic rings. The summed E-state index contributed by atoms with van der Waals surface area (Å²) < 4.78 is 10.3. The molecule has 1 unspecified atom stereocenters. The first-order chi connectivity index (χ1) is 8.58. The number of primary amides is 1. The Kier molecular flexibility index (Phi) is 6.18. The molecule has 18 heavy (non-hydrogen) atoms. The van der Waals surface area contributed by atoms with Crippen molar-refractivity contribution in [2.24, 2.45) is 11.7 Å². The fourth-order valence-electron chi connectivity index (χ4n) is 1.39. The number of carbonyl (C=O) groups is 1. The summed E-state index contributed by atoms with van der Waals surface area (Å²) in [6.45, 7) is 1.83. The molecular weight excluding hydrogens is 250 g/mol. The van der Waals surface area contributed by atoms with Gasteiger partial charge in [0.2, 0.25) is 5.91 Å². The number of benzene rings is 1. The number of carbonyl (C=O) groups excluding carboxylic acids is 1. The molecule has 1 aromatic carbocycles. The van der Waals surface area contributed by atoms with Crippen LogP contribution in [-0.4, -0.2) is 25.9 Å². The molecular formula is C13H19NO3S. The third kappa shape index (κ3) is 4.33. The Morgan fingerprint density at radius 3 is 2.28 bits per heavy atom. The fraction of sp³-hybridized carbons (Fsp3) is 0.462. The van der Waals surface area contributed by atoms with E-state index in [1.54, 1.807) is 26.0 Å². The molecule has 100 valence electrons. The van der Waals surface area contributed by atoms with Crippen molar-refractivity contribution in [3.63, 3.8) is 0 Å². The van der Waals surface area contributed by atoms with Crippen molar-refractivity contribution in [1.82, 2.24) is 0 Å². The molecule has 2 N–H and O–H groups in total. The molecule has 5 heteroatoms. The Bertz CT molecular complexity index is 376. The first kappa shape index (κ1) is 15.0. The highest BCUT2D eigenvalue weighted by Gasteiger charge is 2.10. The number of methoxy groups -OCH3 is 2.